The highest BCUT2D eigenvalue weighted by Crippen LogP contribution is 2.45. The zero-order valence-electron chi connectivity index (χ0n) is 8.20. The van der Waals surface area contributed by atoms with Gasteiger partial charge in [-0.25, -0.2) is 8.78 Å². The summed E-state index contributed by atoms with van der Waals surface area (Å²) in [4.78, 5) is 10.6. The van der Waals surface area contributed by atoms with Gasteiger partial charge in [-0.3, -0.25) is 4.79 Å². The predicted molar refractivity (Wildman–Crippen MR) is 53.3 cm³/mol. The lowest BCUT2D eigenvalue weighted by atomic mass is 9.70. The van der Waals surface area contributed by atoms with Crippen molar-refractivity contribution in [3.63, 3.8) is 0 Å². The van der Waals surface area contributed by atoms with Gasteiger partial charge in [-0.15, -0.1) is 0 Å². The topological polar surface area (TPSA) is 17.1 Å². The maximum Gasteiger partial charge on any atom is 0.242 e. The van der Waals surface area contributed by atoms with Gasteiger partial charge < -0.3 is 0 Å². The van der Waals surface area contributed by atoms with Crippen molar-refractivity contribution in [2.24, 2.45) is 5.92 Å². The first-order chi connectivity index (χ1) is 7.22. The summed E-state index contributed by atoms with van der Waals surface area (Å²) in [6.07, 6.45) is -0.103. The Balaban J connectivity index is 2.19. The van der Waals surface area contributed by atoms with Crippen LogP contribution in [0.5, 0.6) is 0 Å². The third-order valence-corrected chi connectivity index (χ3v) is 3.13. The van der Waals surface area contributed by atoms with Gasteiger partial charge in [0.15, 0.2) is 0 Å². The van der Waals surface area contributed by atoms with Gasteiger partial charge in [-0.05, 0) is 30.4 Å². The van der Waals surface area contributed by atoms with E-state index >= 15 is 0 Å². The molecule has 0 heterocycles. The number of aldehydes is 1. The van der Waals surface area contributed by atoms with E-state index in [-0.39, 0.29) is 5.92 Å². The van der Waals surface area contributed by atoms with E-state index in [4.69, 9.17) is 0 Å². The van der Waals surface area contributed by atoms with Crippen LogP contribution in [0, 0.1) is 5.92 Å². The van der Waals surface area contributed by atoms with Crippen LogP contribution in [0.25, 0.3) is 0 Å². The Bertz CT molecular complexity index is 362. The van der Waals surface area contributed by atoms with Crippen LogP contribution in [-0.2, 0) is 0 Å². The molecule has 2 atom stereocenters. The quantitative estimate of drug-likeness (QED) is 0.700. The molecule has 0 N–H and O–H groups in total. The predicted octanol–water partition coefficient (Wildman–Crippen LogP) is 3.26. The van der Waals surface area contributed by atoms with E-state index in [1.165, 1.54) is 0 Å². The largest absolute Gasteiger partial charge is 0.298 e. The van der Waals surface area contributed by atoms with E-state index in [0.717, 1.165) is 18.3 Å². The second kappa shape index (κ2) is 4.09. The summed E-state index contributed by atoms with van der Waals surface area (Å²) in [5.41, 5.74) is 1.43. The van der Waals surface area contributed by atoms with E-state index in [0.29, 0.717) is 12.0 Å². The van der Waals surface area contributed by atoms with E-state index < -0.39 is 12.3 Å². The number of alkyl halides is 2. The minimum atomic E-state index is -2.25. The van der Waals surface area contributed by atoms with Crippen molar-refractivity contribution in [3.8, 4) is 0 Å². The third kappa shape index (κ3) is 1.91. The number of halogens is 2. The molecule has 0 radical (unpaired) electrons. The van der Waals surface area contributed by atoms with Crippen LogP contribution in [0.4, 0.5) is 8.78 Å². The summed E-state index contributed by atoms with van der Waals surface area (Å²) in [6, 6.07) is 6.98. The van der Waals surface area contributed by atoms with Crippen molar-refractivity contribution in [3.05, 3.63) is 35.4 Å². The molecule has 15 heavy (non-hydrogen) atoms. The van der Waals surface area contributed by atoms with Crippen LogP contribution in [0.2, 0.25) is 0 Å². The highest BCUT2D eigenvalue weighted by Gasteiger charge is 2.38. The molecular formula is C12H12F2O. The molecule has 1 saturated carbocycles. The fourth-order valence-electron chi connectivity index (χ4n) is 2.10. The monoisotopic (exact) mass is 210 g/mol. The molecule has 0 aromatic heterocycles. The lowest BCUT2D eigenvalue weighted by Crippen LogP contribution is -2.29. The molecule has 1 fully saturated rings. The molecule has 3 heteroatoms. The van der Waals surface area contributed by atoms with Crippen molar-refractivity contribution >= 4 is 6.29 Å². The molecule has 1 aromatic rings. The van der Waals surface area contributed by atoms with Crippen molar-refractivity contribution in [1.29, 1.82) is 0 Å². The Morgan fingerprint density at radius 3 is 2.67 bits per heavy atom. The van der Waals surface area contributed by atoms with Gasteiger partial charge in [0, 0.05) is 11.5 Å². The number of rotatable bonds is 3. The molecular weight excluding hydrogens is 198 g/mol. The molecule has 1 aliphatic rings. The summed E-state index contributed by atoms with van der Waals surface area (Å²) in [5.74, 6) is -0.586. The smallest absolute Gasteiger partial charge is 0.242 e. The summed E-state index contributed by atoms with van der Waals surface area (Å²) in [6.45, 7) is 0. The lowest BCUT2D eigenvalue weighted by Gasteiger charge is -2.36. The second-order valence-corrected chi connectivity index (χ2v) is 3.97. The molecule has 0 bridgehead atoms. The van der Waals surface area contributed by atoms with E-state index in [2.05, 4.69) is 0 Å². The van der Waals surface area contributed by atoms with Crippen LogP contribution in [0.3, 0.4) is 0 Å². The van der Waals surface area contributed by atoms with Crippen LogP contribution < -0.4 is 0 Å². The first-order valence-corrected chi connectivity index (χ1v) is 5.05. The highest BCUT2D eigenvalue weighted by atomic mass is 19.3. The Morgan fingerprint density at radius 1 is 1.33 bits per heavy atom. The van der Waals surface area contributed by atoms with Gasteiger partial charge in [0.25, 0.3) is 0 Å². The molecule has 80 valence electrons. The average Bonchev–Trinajstić information content (AvgIpc) is 2.15. The summed E-state index contributed by atoms with van der Waals surface area (Å²) < 4.78 is 25.1. The first-order valence-electron chi connectivity index (χ1n) is 5.05. The molecule has 1 nitrogen and oxygen atoms in total. The van der Waals surface area contributed by atoms with Crippen molar-refractivity contribution in [2.45, 2.75) is 25.2 Å². The molecule has 1 aliphatic carbocycles. The normalized spacial score (nSPS) is 25.0. The van der Waals surface area contributed by atoms with Gasteiger partial charge in [0.1, 0.15) is 6.29 Å². The molecule has 0 saturated heterocycles. The molecule has 0 amide bonds. The van der Waals surface area contributed by atoms with Crippen molar-refractivity contribution in [1.82, 2.24) is 0 Å². The highest BCUT2D eigenvalue weighted by molar-refractivity contribution is 5.75. The molecule has 1 aromatic carbocycles. The summed E-state index contributed by atoms with van der Waals surface area (Å²) in [5, 5.41) is 0. The zero-order chi connectivity index (χ0) is 10.8. The van der Waals surface area contributed by atoms with Crippen LogP contribution >= 0.6 is 0 Å². The standard InChI is InChI=1S/C12H12F2O/c13-12(14)11-5-4-10(11)9-3-1-2-8(6-9)7-15/h1-3,6-7,10-12H,4-5H2. The molecule has 2 unspecified atom stereocenters. The maximum absolute atomic E-state index is 12.5. The van der Waals surface area contributed by atoms with E-state index in [1.54, 1.807) is 18.2 Å². The molecule has 0 spiro atoms. The van der Waals surface area contributed by atoms with Gasteiger partial charge in [-0.1, -0.05) is 18.2 Å². The summed E-state index contributed by atoms with van der Waals surface area (Å²) >= 11 is 0. The zero-order valence-corrected chi connectivity index (χ0v) is 8.20. The first kappa shape index (κ1) is 10.3. The van der Waals surface area contributed by atoms with E-state index in [1.807, 2.05) is 6.07 Å². The number of hydrogen-bond donors (Lipinski definition) is 0. The average molecular weight is 210 g/mol. The second-order valence-electron chi connectivity index (χ2n) is 3.97. The van der Waals surface area contributed by atoms with E-state index in [9.17, 15) is 13.6 Å². The fourth-order valence-corrected chi connectivity index (χ4v) is 2.10. The number of hydrogen-bond acceptors (Lipinski definition) is 1. The van der Waals surface area contributed by atoms with Gasteiger partial charge in [0.2, 0.25) is 6.43 Å². The van der Waals surface area contributed by atoms with Crippen molar-refractivity contribution in [2.75, 3.05) is 0 Å². The lowest BCUT2D eigenvalue weighted by molar-refractivity contribution is 0.0168. The Kier molecular flexibility index (Phi) is 2.80. The fraction of sp³-hybridized carbons (Fsp3) is 0.417. The van der Waals surface area contributed by atoms with Crippen LogP contribution in [0.15, 0.2) is 24.3 Å². The Morgan fingerprint density at radius 2 is 2.13 bits per heavy atom. The van der Waals surface area contributed by atoms with Crippen LogP contribution in [0.1, 0.15) is 34.7 Å². The van der Waals surface area contributed by atoms with Gasteiger partial charge in [0.05, 0.1) is 0 Å². The third-order valence-electron chi connectivity index (χ3n) is 3.13. The molecule has 0 aliphatic heterocycles. The minimum Gasteiger partial charge on any atom is -0.298 e. The Labute approximate surface area is 87.1 Å². The summed E-state index contributed by atoms with van der Waals surface area (Å²) in [7, 11) is 0. The number of carbonyl (C=O) groups is 1. The number of benzene rings is 1. The Hall–Kier alpha value is -1.25. The minimum absolute atomic E-state index is 0.0649. The van der Waals surface area contributed by atoms with Gasteiger partial charge >= 0.3 is 0 Å². The maximum atomic E-state index is 12.5. The van der Waals surface area contributed by atoms with Gasteiger partial charge in [-0.2, -0.15) is 0 Å². The number of carbonyl (C=O) groups excluding carboxylic acids is 1. The van der Waals surface area contributed by atoms with Crippen LogP contribution in [-0.4, -0.2) is 12.7 Å². The molecule has 2 rings (SSSR count). The van der Waals surface area contributed by atoms with Crippen molar-refractivity contribution < 1.29 is 13.6 Å². The SMILES string of the molecule is O=Cc1cccc(C2CCC2C(F)F)c1.